The number of nitrogens with zero attached hydrogens (tertiary/aromatic N) is 2. The molecule has 2 aliphatic rings. The third-order valence-corrected chi connectivity index (χ3v) is 5.26. The molecule has 0 spiro atoms. The minimum absolute atomic E-state index is 0.197. The van der Waals surface area contributed by atoms with Gasteiger partial charge in [0.25, 0.3) is 0 Å². The first kappa shape index (κ1) is 14.9. The molecule has 23 heavy (non-hydrogen) atoms. The van der Waals surface area contributed by atoms with E-state index in [0.717, 1.165) is 31.8 Å². The minimum Gasteiger partial charge on any atom is -0.391 e. The Kier molecular flexibility index (Phi) is 4.19. The van der Waals surface area contributed by atoms with Gasteiger partial charge in [0.1, 0.15) is 0 Å². The zero-order valence-corrected chi connectivity index (χ0v) is 13.4. The standard InChI is InChI=1S/C19H25N3O/c23-19-11-14(13-22-9-3-8-21-22)10-18(19)20-12-16-4-1-2-5-17(16)15-6-7-15/h1-5,8-9,14-15,18-20,23H,6-7,10-13H2/t14?,18-,19-/m1/s1. The molecule has 3 atom stereocenters. The number of hydrogen-bond donors (Lipinski definition) is 2. The van der Waals surface area contributed by atoms with Gasteiger partial charge in [-0.25, -0.2) is 0 Å². The zero-order chi connectivity index (χ0) is 15.6. The number of aliphatic hydroxyl groups excluding tert-OH is 1. The summed E-state index contributed by atoms with van der Waals surface area (Å²) in [6.07, 6.45) is 8.11. The average Bonchev–Trinajstić information content (AvgIpc) is 3.17. The van der Waals surface area contributed by atoms with E-state index in [1.807, 2.05) is 23.1 Å². The lowest BCUT2D eigenvalue weighted by Crippen LogP contribution is -2.35. The Morgan fingerprint density at radius 3 is 2.83 bits per heavy atom. The normalized spacial score (nSPS) is 27.4. The van der Waals surface area contributed by atoms with E-state index in [1.165, 1.54) is 24.0 Å². The van der Waals surface area contributed by atoms with Crippen molar-refractivity contribution in [3.05, 3.63) is 53.9 Å². The van der Waals surface area contributed by atoms with E-state index in [2.05, 4.69) is 34.7 Å². The number of nitrogens with one attached hydrogen (secondary N) is 1. The van der Waals surface area contributed by atoms with Gasteiger partial charge in [-0.05, 0) is 54.7 Å². The van der Waals surface area contributed by atoms with Crippen LogP contribution in [0.4, 0.5) is 0 Å². The fourth-order valence-corrected chi connectivity index (χ4v) is 3.89. The molecule has 0 bridgehead atoms. The molecule has 0 aliphatic heterocycles. The van der Waals surface area contributed by atoms with Crippen molar-refractivity contribution in [2.45, 2.75) is 56.8 Å². The van der Waals surface area contributed by atoms with Gasteiger partial charge >= 0.3 is 0 Å². The van der Waals surface area contributed by atoms with Gasteiger partial charge in [-0.2, -0.15) is 5.10 Å². The van der Waals surface area contributed by atoms with Crippen LogP contribution >= 0.6 is 0 Å². The summed E-state index contributed by atoms with van der Waals surface area (Å²) in [5.41, 5.74) is 2.90. The Bertz CT molecular complexity index is 636. The van der Waals surface area contributed by atoms with Crippen molar-refractivity contribution in [2.24, 2.45) is 5.92 Å². The van der Waals surface area contributed by atoms with Gasteiger partial charge < -0.3 is 10.4 Å². The van der Waals surface area contributed by atoms with E-state index in [1.54, 1.807) is 0 Å². The van der Waals surface area contributed by atoms with Crippen molar-refractivity contribution in [3.8, 4) is 0 Å². The van der Waals surface area contributed by atoms with Gasteiger partial charge in [0.15, 0.2) is 0 Å². The first-order chi connectivity index (χ1) is 11.3. The molecule has 2 saturated carbocycles. The molecule has 4 rings (SSSR count). The minimum atomic E-state index is -0.247. The molecule has 4 heteroatoms. The quantitative estimate of drug-likeness (QED) is 0.862. The van der Waals surface area contributed by atoms with Crippen LogP contribution in [0.3, 0.4) is 0 Å². The van der Waals surface area contributed by atoms with Gasteiger partial charge in [-0.15, -0.1) is 0 Å². The Balaban J connectivity index is 1.34. The van der Waals surface area contributed by atoms with Gasteiger partial charge in [0.05, 0.1) is 6.10 Å². The van der Waals surface area contributed by atoms with Crippen molar-refractivity contribution < 1.29 is 5.11 Å². The van der Waals surface area contributed by atoms with Crippen LogP contribution in [0.5, 0.6) is 0 Å². The molecule has 1 aromatic carbocycles. The highest BCUT2D eigenvalue weighted by molar-refractivity contribution is 5.33. The molecule has 2 aliphatic carbocycles. The molecular formula is C19H25N3O. The van der Waals surface area contributed by atoms with Crippen LogP contribution < -0.4 is 5.32 Å². The third kappa shape index (κ3) is 3.48. The maximum absolute atomic E-state index is 10.4. The lowest BCUT2D eigenvalue weighted by atomic mass is 10.0. The predicted octanol–water partition coefficient (Wildman–Crippen LogP) is 2.69. The lowest BCUT2D eigenvalue weighted by Gasteiger charge is -2.18. The highest BCUT2D eigenvalue weighted by Crippen LogP contribution is 2.41. The molecule has 2 aromatic rings. The van der Waals surface area contributed by atoms with Gasteiger partial charge in [-0.3, -0.25) is 4.68 Å². The van der Waals surface area contributed by atoms with Gasteiger partial charge in [0.2, 0.25) is 0 Å². The van der Waals surface area contributed by atoms with Crippen LogP contribution in [-0.4, -0.2) is 27.0 Å². The second kappa shape index (κ2) is 6.46. The smallest absolute Gasteiger partial charge is 0.0696 e. The largest absolute Gasteiger partial charge is 0.391 e. The predicted molar refractivity (Wildman–Crippen MR) is 90.0 cm³/mol. The number of aliphatic hydroxyl groups is 1. The van der Waals surface area contributed by atoms with E-state index in [-0.39, 0.29) is 12.1 Å². The molecular weight excluding hydrogens is 286 g/mol. The summed E-state index contributed by atoms with van der Waals surface area (Å²) in [7, 11) is 0. The van der Waals surface area contributed by atoms with Crippen molar-refractivity contribution >= 4 is 0 Å². The van der Waals surface area contributed by atoms with Crippen molar-refractivity contribution in [2.75, 3.05) is 0 Å². The summed E-state index contributed by atoms with van der Waals surface area (Å²) in [6.45, 7) is 1.77. The van der Waals surface area contributed by atoms with Crippen LogP contribution in [0.2, 0.25) is 0 Å². The number of rotatable bonds is 6. The molecule has 122 valence electrons. The van der Waals surface area contributed by atoms with Crippen LogP contribution in [0.1, 0.15) is 42.7 Å². The van der Waals surface area contributed by atoms with Crippen LogP contribution in [0, 0.1) is 5.92 Å². The molecule has 1 heterocycles. The first-order valence-electron chi connectivity index (χ1n) is 8.76. The molecule has 2 fully saturated rings. The molecule has 0 radical (unpaired) electrons. The van der Waals surface area contributed by atoms with Crippen molar-refractivity contribution in [1.82, 2.24) is 15.1 Å². The van der Waals surface area contributed by atoms with E-state index < -0.39 is 0 Å². The van der Waals surface area contributed by atoms with Gasteiger partial charge in [0, 0.05) is 31.5 Å². The first-order valence-corrected chi connectivity index (χ1v) is 8.76. The van der Waals surface area contributed by atoms with E-state index >= 15 is 0 Å². The summed E-state index contributed by atoms with van der Waals surface area (Å²) in [4.78, 5) is 0. The molecule has 0 saturated heterocycles. The Morgan fingerprint density at radius 1 is 1.17 bits per heavy atom. The highest BCUT2D eigenvalue weighted by Gasteiger charge is 2.33. The summed E-state index contributed by atoms with van der Waals surface area (Å²) in [5, 5.41) is 18.2. The maximum Gasteiger partial charge on any atom is 0.0696 e. The molecule has 4 nitrogen and oxygen atoms in total. The lowest BCUT2D eigenvalue weighted by molar-refractivity contribution is 0.145. The second-order valence-corrected chi connectivity index (χ2v) is 7.09. The summed E-state index contributed by atoms with van der Waals surface area (Å²) in [5.74, 6) is 1.27. The van der Waals surface area contributed by atoms with Crippen LogP contribution in [-0.2, 0) is 13.1 Å². The maximum atomic E-state index is 10.4. The second-order valence-electron chi connectivity index (χ2n) is 7.09. The average molecular weight is 311 g/mol. The fraction of sp³-hybridized carbons (Fsp3) is 0.526. The van der Waals surface area contributed by atoms with Crippen LogP contribution in [0.15, 0.2) is 42.7 Å². The SMILES string of the molecule is O[C@@H]1CC(Cn2cccn2)C[C@H]1NCc1ccccc1C1CC1. The fourth-order valence-electron chi connectivity index (χ4n) is 3.89. The Labute approximate surface area is 137 Å². The van der Waals surface area contributed by atoms with Crippen molar-refractivity contribution in [1.29, 1.82) is 0 Å². The summed E-state index contributed by atoms with van der Waals surface area (Å²) < 4.78 is 1.97. The van der Waals surface area contributed by atoms with E-state index in [0.29, 0.717) is 5.92 Å². The Hall–Kier alpha value is -1.65. The number of hydrogen-bond acceptors (Lipinski definition) is 3. The number of benzene rings is 1. The highest BCUT2D eigenvalue weighted by atomic mass is 16.3. The van der Waals surface area contributed by atoms with Crippen molar-refractivity contribution in [3.63, 3.8) is 0 Å². The number of aromatic nitrogens is 2. The molecule has 2 N–H and O–H groups in total. The monoisotopic (exact) mass is 311 g/mol. The summed E-state index contributed by atoms with van der Waals surface area (Å²) in [6, 6.07) is 10.9. The Morgan fingerprint density at radius 2 is 2.04 bits per heavy atom. The molecule has 1 aromatic heterocycles. The van der Waals surface area contributed by atoms with E-state index in [9.17, 15) is 5.11 Å². The summed E-state index contributed by atoms with van der Waals surface area (Å²) >= 11 is 0. The topological polar surface area (TPSA) is 50.1 Å². The van der Waals surface area contributed by atoms with E-state index in [4.69, 9.17) is 0 Å². The molecule has 1 unspecified atom stereocenters. The van der Waals surface area contributed by atoms with Crippen LogP contribution in [0.25, 0.3) is 0 Å². The third-order valence-electron chi connectivity index (χ3n) is 5.26. The zero-order valence-electron chi connectivity index (χ0n) is 13.4. The van der Waals surface area contributed by atoms with Gasteiger partial charge in [-0.1, -0.05) is 24.3 Å². The molecule has 0 amide bonds.